The molecular weight excluding hydrogens is 300 g/mol. The second-order valence-electron chi connectivity index (χ2n) is 4.02. The summed E-state index contributed by atoms with van der Waals surface area (Å²) in [5.74, 6) is 0. The van der Waals surface area contributed by atoms with Crippen molar-refractivity contribution in [2.45, 2.75) is 12.9 Å². The van der Waals surface area contributed by atoms with Gasteiger partial charge in [0.15, 0.2) is 6.29 Å². The SMILES string of the molecule is COC(CN(C(=O)OCc1ccccc1)S(N)(=O)=O)OC. The van der Waals surface area contributed by atoms with E-state index in [4.69, 9.17) is 19.3 Å². The van der Waals surface area contributed by atoms with Crippen molar-refractivity contribution in [2.24, 2.45) is 5.14 Å². The molecule has 0 atom stereocenters. The van der Waals surface area contributed by atoms with Gasteiger partial charge in [0.2, 0.25) is 0 Å². The molecule has 1 amide bonds. The van der Waals surface area contributed by atoms with E-state index < -0.39 is 29.1 Å². The molecule has 0 saturated carbocycles. The van der Waals surface area contributed by atoms with E-state index in [9.17, 15) is 13.2 Å². The molecule has 118 valence electrons. The van der Waals surface area contributed by atoms with Crippen LogP contribution in [0.3, 0.4) is 0 Å². The fourth-order valence-corrected chi connectivity index (χ4v) is 2.04. The van der Waals surface area contributed by atoms with Crippen LogP contribution in [0.1, 0.15) is 5.56 Å². The zero-order valence-corrected chi connectivity index (χ0v) is 12.6. The number of carbonyl (C=O) groups is 1. The maximum absolute atomic E-state index is 11.9. The number of hydrogen-bond acceptors (Lipinski definition) is 6. The highest BCUT2D eigenvalue weighted by molar-refractivity contribution is 7.87. The van der Waals surface area contributed by atoms with Crippen LogP contribution in [0.2, 0.25) is 0 Å². The highest BCUT2D eigenvalue weighted by atomic mass is 32.2. The van der Waals surface area contributed by atoms with Gasteiger partial charge in [0.1, 0.15) is 6.61 Å². The third-order valence-electron chi connectivity index (χ3n) is 2.56. The Morgan fingerprint density at radius 3 is 2.29 bits per heavy atom. The van der Waals surface area contributed by atoms with Crippen LogP contribution in [-0.2, 0) is 31.0 Å². The van der Waals surface area contributed by atoms with Gasteiger partial charge in [-0.05, 0) is 5.56 Å². The van der Waals surface area contributed by atoms with E-state index in [0.717, 1.165) is 5.56 Å². The number of ether oxygens (including phenoxy) is 3. The maximum atomic E-state index is 11.9. The van der Waals surface area contributed by atoms with E-state index in [2.05, 4.69) is 0 Å². The van der Waals surface area contributed by atoms with Gasteiger partial charge in [0.25, 0.3) is 0 Å². The highest BCUT2D eigenvalue weighted by Crippen LogP contribution is 2.07. The second kappa shape index (κ2) is 7.93. The number of rotatable bonds is 7. The molecule has 0 aliphatic carbocycles. The van der Waals surface area contributed by atoms with Crippen molar-refractivity contribution in [1.82, 2.24) is 4.31 Å². The molecule has 0 fully saturated rings. The Labute approximate surface area is 123 Å². The second-order valence-corrected chi connectivity index (χ2v) is 5.49. The summed E-state index contributed by atoms with van der Waals surface area (Å²) in [6.45, 7) is -0.476. The Hall–Kier alpha value is -1.68. The first-order chi connectivity index (χ1) is 9.88. The Morgan fingerprint density at radius 1 is 1.24 bits per heavy atom. The largest absolute Gasteiger partial charge is 0.444 e. The number of nitrogens with two attached hydrogens (primary N) is 1. The first kappa shape index (κ1) is 17.4. The number of hydrogen-bond donors (Lipinski definition) is 1. The van der Waals surface area contributed by atoms with E-state index in [1.54, 1.807) is 24.3 Å². The van der Waals surface area contributed by atoms with Crippen molar-refractivity contribution in [3.63, 3.8) is 0 Å². The van der Waals surface area contributed by atoms with Gasteiger partial charge in [-0.2, -0.15) is 12.7 Å². The standard InChI is InChI=1S/C12H18N2O6S/c1-18-11(19-2)8-14(21(13,16)17)12(15)20-9-10-6-4-3-5-7-10/h3-7,11H,8-9H2,1-2H3,(H2,13,16,17). The first-order valence-corrected chi connectivity index (χ1v) is 7.45. The highest BCUT2D eigenvalue weighted by Gasteiger charge is 2.28. The van der Waals surface area contributed by atoms with Crippen LogP contribution >= 0.6 is 0 Å². The van der Waals surface area contributed by atoms with Crippen molar-refractivity contribution >= 4 is 16.3 Å². The number of amides is 1. The van der Waals surface area contributed by atoms with E-state index >= 15 is 0 Å². The molecule has 0 aromatic heterocycles. The lowest BCUT2D eigenvalue weighted by Crippen LogP contribution is -2.46. The van der Waals surface area contributed by atoms with Crippen LogP contribution in [0.4, 0.5) is 4.79 Å². The summed E-state index contributed by atoms with van der Waals surface area (Å²) in [4.78, 5) is 11.9. The minimum absolute atomic E-state index is 0.0731. The molecule has 0 radical (unpaired) electrons. The predicted molar refractivity (Wildman–Crippen MR) is 74.2 cm³/mol. The molecule has 2 N–H and O–H groups in total. The van der Waals surface area contributed by atoms with Gasteiger partial charge in [0.05, 0.1) is 6.54 Å². The van der Waals surface area contributed by atoms with Gasteiger partial charge in [-0.3, -0.25) is 0 Å². The van der Waals surface area contributed by atoms with Crippen LogP contribution < -0.4 is 5.14 Å². The summed E-state index contributed by atoms with van der Waals surface area (Å²) in [7, 11) is -1.66. The summed E-state index contributed by atoms with van der Waals surface area (Å²) in [5, 5.41) is 4.99. The molecule has 1 aromatic rings. The quantitative estimate of drug-likeness (QED) is 0.731. The van der Waals surface area contributed by atoms with Crippen molar-refractivity contribution < 1.29 is 27.4 Å². The minimum Gasteiger partial charge on any atom is -0.444 e. The summed E-state index contributed by atoms with van der Waals surface area (Å²) >= 11 is 0. The van der Waals surface area contributed by atoms with Crippen molar-refractivity contribution in [3.8, 4) is 0 Å². The van der Waals surface area contributed by atoms with Gasteiger partial charge in [0, 0.05) is 14.2 Å². The number of methoxy groups -OCH3 is 2. The van der Waals surface area contributed by atoms with Crippen molar-refractivity contribution in [1.29, 1.82) is 0 Å². The fourth-order valence-electron chi connectivity index (χ4n) is 1.45. The molecule has 0 heterocycles. The average Bonchev–Trinajstić information content (AvgIpc) is 2.46. The Bertz CT molecular complexity index is 544. The zero-order chi connectivity index (χ0) is 15.9. The normalized spacial score (nSPS) is 11.4. The molecule has 0 spiro atoms. The number of nitrogens with zero attached hydrogens (tertiary/aromatic N) is 1. The molecule has 0 aliphatic rings. The van der Waals surface area contributed by atoms with Crippen LogP contribution in [-0.4, -0.2) is 45.9 Å². The van der Waals surface area contributed by atoms with Gasteiger partial charge in [-0.25, -0.2) is 9.93 Å². The lowest BCUT2D eigenvalue weighted by Gasteiger charge is -2.23. The molecule has 8 nitrogen and oxygen atoms in total. The molecule has 1 rings (SSSR count). The summed E-state index contributed by atoms with van der Waals surface area (Å²) in [6.07, 6.45) is -2.03. The molecule has 0 unspecified atom stereocenters. The van der Waals surface area contributed by atoms with Crippen LogP contribution in [0.5, 0.6) is 0 Å². The summed E-state index contributed by atoms with van der Waals surface area (Å²) in [6, 6.07) is 8.83. The topological polar surface area (TPSA) is 108 Å². The summed E-state index contributed by atoms with van der Waals surface area (Å²) < 4.78 is 37.9. The average molecular weight is 318 g/mol. The predicted octanol–water partition coefficient (Wildman–Crippen LogP) is 0.448. The summed E-state index contributed by atoms with van der Waals surface area (Å²) in [5.41, 5.74) is 0.718. The Balaban J connectivity index is 2.72. The van der Waals surface area contributed by atoms with E-state index in [1.807, 2.05) is 6.07 Å². The van der Waals surface area contributed by atoms with Gasteiger partial charge < -0.3 is 14.2 Å². The molecule has 0 aliphatic heterocycles. The van der Waals surface area contributed by atoms with Crippen LogP contribution in [0, 0.1) is 0 Å². The minimum atomic E-state index is -4.28. The smallest absolute Gasteiger partial charge is 0.425 e. The molecule has 0 saturated heterocycles. The molecule has 9 heteroatoms. The van der Waals surface area contributed by atoms with E-state index in [0.29, 0.717) is 4.31 Å². The van der Waals surface area contributed by atoms with Crippen LogP contribution in [0.25, 0.3) is 0 Å². The Kier molecular flexibility index (Phi) is 6.56. The third kappa shape index (κ3) is 5.68. The Morgan fingerprint density at radius 2 is 1.81 bits per heavy atom. The maximum Gasteiger partial charge on any atom is 0.425 e. The third-order valence-corrected chi connectivity index (χ3v) is 3.47. The molecular formula is C12H18N2O6S. The fraction of sp³-hybridized carbons (Fsp3) is 0.417. The number of carbonyl (C=O) groups excluding carboxylic acids is 1. The molecule has 21 heavy (non-hydrogen) atoms. The van der Waals surface area contributed by atoms with E-state index in [-0.39, 0.29) is 6.61 Å². The van der Waals surface area contributed by atoms with Crippen molar-refractivity contribution in [3.05, 3.63) is 35.9 Å². The van der Waals surface area contributed by atoms with Crippen LogP contribution in [0.15, 0.2) is 30.3 Å². The molecule has 0 bridgehead atoms. The number of benzene rings is 1. The molecule has 1 aromatic carbocycles. The monoisotopic (exact) mass is 318 g/mol. The van der Waals surface area contributed by atoms with Gasteiger partial charge >= 0.3 is 16.3 Å². The lowest BCUT2D eigenvalue weighted by atomic mass is 10.2. The van der Waals surface area contributed by atoms with Gasteiger partial charge in [-0.15, -0.1) is 0 Å². The lowest BCUT2D eigenvalue weighted by molar-refractivity contribution is -0.106. The van der Waals surface area contributed by atoms with E-state index in [1.165, 1.54) is 14.2 Å². The first-order valence-electron chi connectivity index (χ1n) is 5.95. The van der Waals surface area contributed by atoms with Gasteiger partial charge in [-0.1, -0.05) is 30.3 Å². The van der Waals surface area contributed by atoms with Crippen molar-refractivity contribution in [2.75, 3.05) is 20.8 Å². The zero-order valence-electron chi connectivity index (χ0n) is 11.8.